The highest BCUT2D eigenvalue weighted by Crippen LogP contribution is 2.46. The van der Waals surface area contributed by atoms with Crippen LogP contribution in [0.4, 0.5) is 4.79 Å². The number of hydrogen-bond acceptors (Lipinski definition) is 7. The SMILES string of the molecule is COc1ccc2c(c1)C(CC(=O)NCc1ccco1)=C(C)/C2=C/c1cc(OC)c(OC(=O)O)c(OC)c1. The molecule has 0 bridgehead atoms. The average molecular weight is 506 g/mol. The summed E-state index contributed by atoms with van der Waals surface area (Å²) in [5.74, 6) is 1.60. The van der Waals surface area contributed by atoms with Gasteiger partial charge < -0.3 is 33.8 Å². The van der Waals surface area contributed by atoms with Crippen LogP contribution in [0.25, 0.3) is 17.2 Å². The third-order valence-corrected chi connectivity index (χ3v) is 6.06. The number of nitrogens with one attached hydrogen (secondary N) is 1. The fourth-order valence-electron chi connectivity index (χ4n) is 4.28. The molecule has 192 valence electrons. The number of rotatable bonds is 9. The molecule has 9 nitrogen and oxygen atoms in total. The quantitative estimate of drug-likeness (QED) is 0.293. The van der Waals surface area contributed by atoms with Gasteiger partial charge in [-0.2, -0.15) is 0 Å². The highest BCUT2D eigenvalue weighted by atomic mass is 16.7. The van der Waals surface area contributed by atoms with Crippen LogP contribution in [0, 0.1) is 0 Å². The summed E-state index contributed by atoms with van der Waals surface area (Å²) in [7, 11) is 4.43. The first-order valence-corrected chi connectivity index (χ1v) is 11.4. The molecule has 2 aromatic carbocycles. The zero-order valence-corrected chi connectivity index (χ0v) is 20.9. The van der Waals surface area contributed by atoms with E-state index >= 15 is 0 Å². The summed E-state index contributed by atoms with van der Waals surface area (Å²) in [5.41, 5.74) is 5.26. The Balaban J connectivity index is 1.73. The Kier molecular flexibility index (Phi) is 7.52. The van der Waals surface area contributed by atoms with Gasteiger partial charge in [0.05, 0.1) is 40.6 Å². The molecule has 0 unspecified atom stereocenters. The number of methoxy groups -OCH3 is 3. The largest absolute Gasteiger partial charge is 0.511 e. The molecule has 1 amide bonds. The van der Waals surface area contributed by atoms with Crippen molar-refractivity contribution in [2.75, 3.05) is 21.3 Å². The lowest BCUT2D eigenvalue weighted by Gasteiger charge is -2.13. The van der Waals surface area contributed by atoms with Crippen LogP contribution < -0.4 is 24.3 Å². The van der Waals surface area contributed by atoms with E-state index < -0.39 is 6.16 Å². The lowest BCUT2D eigenvalue weighted by Crippen LogP contribution is -2.22. The van der Waals surface area contributed by atoms with Gasteiger partial charge in [0, 0.05) is 0 Å². The Labute approximate surface area is 213 Å². The first-order valence-electron chi connectivity index (χ1n) is 11.4. The molecule has 1 aliphatic carbocycles. The number of hydrogen-bond donors (Lipinski definition) is 2. The first-order chi connectivity index (χ1) is 17.8. The molecule has 1 aromatic heterocycles. The molecule has 0 radical (unpaired) electrons. The van der Waals surface area contributed by atoms with Gasteiger partial charge >= 0.3 is 6.16 Å². The van der Waals surface area contributed by atoms with E-state index in [4.69, 9.17) is 28.5 Å². The van der Waals surface area contributed by atoms with E-state index in [9.17, 15) is 9.59 Å². The highest BCUT2D eigenvalue weighted by Gasteiger charge is 2.26. The molecular weight excluding hydrogens is 478 g/mol. The Morgan fingerprint density at radius 2 is 1.73 bits per heavy atom. The maximum atomic E-state index is 12.8. The first kappa shape index (κ1) is 25.4. The van der Waals surface area contributed by atoms with Crippen LogP contribution in [0.15, 0.2) is 58.7 Å². The molecule has 1 heterocycles. The molecule has 0 atom stereocenters. The monoisotopic (exact) mass is 505 g/mol. The minimum Gasteiger partial charge on any atom is -0.497 e. The molecule has 3 aromatic rings. The Hall–Kier alpha value is -4.66. The molecule has 0 fully saturated rings. The van der Waals surface area contributed by atoms with Gasteiger partial charge in [-0.05, 0) is 82.8 Å². The molecule has 0 spiro atoms. The third-order valence-electron chi connectivity index (χ3n) is 6.06. The van der Waals surface area contributed by atoms with E-state index in [1.54, 1.807) is 37.6 Å². The second-order valence-electron chi connectivity index (χ2n) is 8.23. The third kappa shape index (κ3) is 5.45. The van der Waals surface area contributed by atoms with E-state index in [-0.39, 0.29) is 29.6 Å². The summed E-state index contributed by atoms with van der Waals surface area (Å²) >= 11 is 0. The molecule has 0 aliphatic heterocycles. The highest BCUT2D eigenvalue weighted by molar-refractivity contribution is 6.08. The normalized spacial score (nSPS) is 13.4. The molecule has 37 heavy (non-hydrogen) atoms. The van der Waals surface area contributed by atoms with Crippen LogP contribution in [-0.4, -0.2) is 38.5 Å². The van der Waals surface area contributed by atoms with Crippen molar-refractivity contribution in [3.63, 3.8) is 0 Å². The van der Waals surface area contributed by atoms with Crippen molar-refractivity contribution in [2.24, 2.45) is 0 Å². The van der Waals surface area contributed by atoms with E-state index in [0.717, 1.165) is 27.8 Å². The van der Waals surface area contributed by atoms with Crippen molar-refractivity contribution in [3.8, 4) is 23.0 Å². The second kappa shape index (κ2) is 10.9. The van der Waals surface area contributed by atoms with Crippen molar-refractivity contribution in [3.05, 3.63) is 76.8 Å². The van der Waals surface area contributed by atoms with Gasteiger partial charge in [-0.15, -0.1) is 0 Å². The number of carboxylic acid groups (broad SMARTS) is 1. The number of amides is 1. The minimum absolute atomic E-state index is 0.0302. The van der Waals surface area contributed by atoms with Gasteiger partial charge in [0.25, 0.3) is 0 Å². The Bertz CT molecular complexity index is 1360. The van der Waals surface area contributed by atoms with Crippen LogP contribution in [0.1, 0.15) is 35.8 Å². The summed E-state index contributed by atoms with van der Waals surface area (Å²) in [6, 6.07) is 12.6. The maximum absolute atomic E-state index is 12.8. The van der Waals surface area contributed by atoms with Gasteiger partial charge in [-0.25, -0.2) is 4.79 Å². The van der Waals surface area contributed by atoms with Gasteiger partial charge in [-0.1, -0.05) is 6.07 Å². The van der Waals surface area contributed by atoms with Crippen molar-refractivity contribution in [2.45, 2.75) is 19.9 Å². The number of ether oxygens (including phenoxy) is 4. The van der Waals surface area contributed by atoms with E-state index in [2.05, 4.69) is 5.32 Å². The van der Waals surface area contributed by atoms with Crippen LogP contribution >= 0.6 is 0 Å². The molecule has 0 saturated carbocycles. The smallest absolute Gasteiger partial charge is 0.497 e. The summed E-state index contributed by atoms with van der Waals surface area (Å²) in [4.78, 5) is 24.0. The zero-order chi connectivity index (χ0) is 26.5. The predicted octanol–water partition coefficient (Wildman–Crippen LogP) is 5.40. The molecule has 4 rings (SSSR count). The lowest BCUT2D eigenvalue weighted by atomic mass is 10.00. The standard InChI is InChI=1S/C28H27NO8/c1-16-21(10-17-11-24(34-3)27(37-28(31)32)25(12-17)35-4)20-8-7-18(33-2)13-23(20)22(16)14-26(30)29-15-19-6-5-9-36-19/h5-13H,14-15H2,1-4H3,(H,29,30)(H,31,32)/b21-10-. The van der Waals surface area contributed by atoms with E-state index in [0.29, 0.717) is 23.6 Å². The maximum Gasteiger partial charge on any atom is 0.511 e. The topological polar surface area (TPSA) is 116 Å². The summed E-state index contributed by atoms with van der Waals surface area (Å²) in [5, 5.41) is 12.0. The molecular formula is C28H27NO8. The minimum atomic E-state index is -1.48. The fourth-order valence-corrected chi connectivity index (χ4v) is 4.28. The van der Waals surface area contributed by atoms with E-state index in [1.807, 2.05) is 31.2 Å². The summed E-state index contributed by atoms with van der Waals surface area (Å²) < 4.78 is 26.3. The Morgan fingerprint density at radius 1 is 1.00 bits per heavy atom. The second-order valence-corrected chi connectivity index (χ2v) is 8.23. The zero-order valence-electron chi connectivity index (χ0n) is 20.9. The number of fused-ring (bicyclic) bond motifs is 1. The van der Waals surface area contributed by atoms with Crippen LogP contribution in [0.5, 0.6) is 23.0 Å². The fraction of sp³-hybridized carbons (Fsp3) is 0.214. The summed E-state index contributed by atoms with van der Waals surface area (Å²) in [6.45, 7) is 2.26. The van der Waals surface area contributed by atoms with Crippen molar-refractivity contribution in [1.29, 1.82) is 0 Å². The number of allylic oxidation sites excluding steroid dienone is 2. The molecule has 9 heteroatoms. The van der Waals surface area contributed by atoms with Crippen LogP contribution in [-0.2, 0) is 11.3 Å². The van der Waals surface area contributed by atoms with Crippen molar-refractivity contribution >= 4 is 29.3 Å². The average Bonchev–Trinajstić information content (AvgIpc) is 3.50. The van der Waals surface area contributed by atoms with Gasteiger partial charge in [0.15, 0.2) is 11.5 Å². The molecule has 1 aliphatic rings. The van der Waals surface area contributed by atoms with Gasteiger partial charge in [0.2, 0.25) is 11.7 Å². The van der Waals surface area contributed by atoms with Gasteiger partial charge in [-0.3, -0.25) is 4.79 Å². The summed E-state index contributed by atoms with van der Waals surface area (Å²) in [6.07, 6.45) is 2.19. The van der Waals surface area contributed by atoms with Crippen molar-refractivity contribution in [1.82, 2.24) is 5.32 Å². The van der Waals surface area contributed by atoms with E-state index in [1.165, 1.54) is 14.2 Å². The number of carbonyl (C=O) groups excluding carboxylic acids is 1. The van der Waals surface area contributed by atoms with Gasteiger partial charge in [0.1, 0.15) is 11.5 Å². The van der Waals surface area contributed by atoms with Crippen LogP contribution in [0.2, 0.25) is 0 Å². The van der Waals surface area contributed by atoms with Crippen LogP contribution in [0.3, 0.4) is 0 Å². The number of benzene rings is 2. The number of furan rings is 1. The van der Waals surface area contributed by atoms with Crippen molar-refractivity contribution < 1.29 is 38.1 Å². The molecule has 0 saturated heterocycles. The Morgan fingerprint density at radius 3 is 2.32 bits per heavy atom. The molecule has 2 N–H and O–H groups in total. The predicted molar refractivity (Wildman–Crippen MR) is 137 cm³/mol. The number of carbonyl (C=O) groups is 2. The lowest BCUT2D eigenvalue weighted by molar-refractivity contribution is -0.120.